The highest BCUT2D eigenvalue weighted by molar-refractivity contribution is 7.99. The van der Waals surface area contributed by atoms with Crippen molar-refractivity contribution in [2.24, 2.45) is 0 Å². The Hall–Kier alpha value is -2.88. The minimum atomic E-state index is -0.314. The molecule has 1 fully saturated rings. The molecule has 0 aliphatic heterocycles. The summed E-state index contributed by atoms with van der Waals surface area (Å²) < 4.78 is 7.02. The summed E-state index contributed by atoms with van der Waals surface area (Å²) in [4.78, 5) is 23.7. The zero-order chi connectivity index (χ0) is 17.2. The highest BCUT2D eigenvalue weighted by Gasteiger charge is 2.28. The van der Waals surface area contributed by atoms with E-state index in [0.29, 0.717) is 11.0 Å². The summed E-state index contributed by atoms with van der Waals surface area (Å²) >= 11 is 1.19. The first kappa shape index (κ1) is 15.6. The van der Waals surface area contributed by atoms with Gasteiger partial charge in [0.15, 0.2) is 5.16 Å². The van der Waals surface area contributed by atoms with E-state index >= 15 is 0 Å². The molecule has 1 aliphatic carbocycles. The van der Waals surface area contributed by atoms with Crippen LogP contribution in [0.4, 0.5) is 6.01 Å². The molecule has 10 heteroatoms. The molecule has 1 aromatic carbocycles. The molecule has 2 N–H and O–H groups in total. The Morgan fingerprint density at radius 3 is 2.88 bits per heavy atom. The van der Waals surface area contributed by atoms with Crippen LogP contribution in [0.2, 0.25) is 0 Å². The number of rotatable bonds is 6. The molecular formula is C15H14N6O3S. The minimum Gasteiger partial charge on any atom is -0.403 e. The Morgan fingerprint density at radius 2 is 2.12 bits per heavy atom. The van der Waals surface area contributed by atoms with Crippen LogP contribution < -0.4 is 11.0 Å². The Kier molecular flexibility index (Phi) is 4.10. The molecular weight excluding hydrogens is 344 g/mol. The molecule has 3 aromatic rings. The van der Waals surface area contributed by atoms with E-state index in [1.54, 1.807) is 4.57 Å². The number of aromatic amines is 1. The minimum absolute atomic E-state index is 0.0334. The van der Waals surface area contributed by atoms with Gasteiger partial charge in [-0.1, -0.05) is 35.1 Å². The van der Waals surface area contributed by atoms with Gasteiger partial charge >= 0.3 is 11.7 Å². The van der Waals surface area contributed by atoms with Crippen LogP contribution in [0, 0.1) is 0 Å². The fraction of sp³-hybridized carbons (Fsp3) is 0.267. The first-order chi connectivity index (χ1) is 12.2. The fourth-order valence-electron chi connectivity index (χ4n) is 2.30. The zero-order valence-electron chi connectivity index (χ0n) is 13.0. The van der Waals surface area contributed by atoms with Gasteiger partial charge in [-0.25, -0.2) is 9.89 Å². The second-order valence-corrected chi connectivity index (χ2v) is 6.47. The van der Waals surface area contributed by atoms with Gasteiger partial charge < -0.3 is 4.42 Å². The number of amides is 1. The number of thioether (sulfide) groups is 1. The lowest BCUT2D eigenvalue weighted by atomic mass is 10.2. The quantitative estimate of drug-likeness (QED) is 0.644. The van der Waals surface area contributed by atoms with E-state index in [1.165, 1.54) is 11.8 Å². The molecule has 25 heavy (non-hydrogen) atoms. The van der Waals surface area contributed by atoms with Crippen molar-refractivity contribution in [2.75, 3.05) is 11.1 Å². The number of benzene rings is 1. The summed E-state index contributed by atoms with van der Waals surface area (Å²) in [7, 11) is 0. The second-order valence-electron chi connectivity index (χ2n) is 5.53. The summed E-state index contributed by atoms with van der Waals surface area (Å²) in [6.45, 7) is 0. The molecule has 1 aliphatic rings. The first-order valence-electron chi connectivity index (χ1n) is 7.69. The summed E-state index contributed by atoms with van der Waals surface area (Å²) in [5, 5.41) is 17.2. The van der Waals surface area contributed by atoms with Crippen molar-refractivity contribution in [3.05, 3.63) is 40.8 Å². The van der Waals surface area contributed by atoms with E-state index in [-0.39, 0.29) is 29.4 Å². The molecule has 0 saturated heterocycles. The molecule has 1 saturated carbocycles. The van der Waals surface area contributed by atoms with Crippen LogP contribution in [0.15, 0.2) is 44.7 Å². The van der Waals surface area contributed by atoms with E-state index in [9.17, 15) is 9.59 Å². The lowest BCUT2D eigenvalue weighted by molar-refractivity contribution is -0.113. The highest BCUT2D eigenvalue weighted by atomic mass is 32.2. The van der Waals surface area contributed by atoms with Crippen molar-refractivity contribution in [3.8, 4) is 11.5 Å². The number of nitrogens with zero attached hydrogens (tertiary/aromatic N) is 4. The number of aromatic nitrogens is 5. The van der Waals surface area contributed by atoms with Crippen LogP contribution in [0.3, 0.4) is 0 Å². The van der Waals surface area contributed by atoms with Gasteiger partial charge in [-0.15, -0.1) is 10.2 Å². The molecule has 0 spiro atoms. The molecule has 0 atom stereocenters. The first-order valence-corrected chi connectivity index (χ1v) is 8.68. The Morgan fingerprint density at radius 1 is 1.32 bits per heavy atom. The zero-order valence-corrected chi connectivity index (χ0v) is 13.8. The molecule has 1 amide bonds. The third kappa shape index (κ3) is 3.48. The predicted molar refractivity (Wildman–Crippen MR) is 90.2 cm³/mol. The van der Waals surface area contributed by atoms with Crippen LogP contribution in [-0.4, -0.2) is 36.6 Å². The molecule has 2 heterocycles. The van der Waals surface area contributed by atoms with Crippen molar-refractivity contribution in [2.45, 2.75) is 24.0 Å². The SMILES string of the molecule is O=C(CSc1n[nH]c(=O)n1C1CC1)Nc1nnc(-c2ccccc2)o1. The average molecular weight is 358 g/mol. The molecule has 0 bridgehead atoms. The van der Waals surface area contributed by atoms with Crippen LogP contribution >= 0.6 is 11.8 Å². The van der Waals surface area contributed by atoms with Gasteiger partial charge in [0.1, 0.15) is 0 Å². The topological polar surface area (TPSA) is 119 Å². The maximum absolute atomic E-state index is 12.1. The largest absolute Gasteiger partial charge is 0.403 e. The lowest BCUT2D eigenvalue weighted by Crippen LogP contribution is -2.18. The lowest BCUT2D eigenvalue weighted by Gasteiger charge is -2.02. The van der Waals surface area contributed by atoms with Crippen molar-refractivity contribution >= 4 is 23.7 Å². The number of H-pyrrole nitrogens is 1. The number of anilines is 1. The van der Waals surface area contributed by atoms with Crippen molar-refractivity contribution in [1.29, 1.82) is 0 Å². The predicted octanol–water partition coefficient (Wildman–Crippen LogP) is 1.69. The van der Waals surface area contributed by atoms with E-state index in [4.69, 9.17) is 4.42 Å². The Bertz CT molecular complexity index is 944. The van der Waals surface area contributed by atoms with Gasteiger partial charge in [-0.05, 0) is 25.0 Å². The third-order valence-corrected chi connectivity index (χ3v) is 4.56. The van der Waals surface area contributed by atoms with Gasteiger partial charge in [0.25, 0.3) is 0 Å². The van der Waals surface area contributed by atoms with E-state index in [1.807, 2.05) is 30.3 Å². The Balaban J connectivity index is 1.37. The Labute approximate surface area is 145 Å². The number of carbonyl (C=O) groups is 1. The molecule has 128 valence electrons. The fourth-order valence-corrected chi connectivity index (χ4v) is 3.12. The summed E-state index contributed by atoms with van der Waals surface area (Å²) in [6, 6.07) is 9.51. The van der Waals surface area contributed by atoms with Gasteiger partial charge in [0.2, 0.25) is 11.8 Å². The normalized spacial score (nSPS) is 13.8. The summed E-state index contributed by atoms with van der Waals surface area (Å²) in [5.41, 5.74) is 0.532. The second kappa shape index (κ2) is 6.55. The molecule has 4 rings (SSSR count). The van der Waals surface area contributed by atoms with Gasteiger partial charge in [0.05, 0.1) is 5.75 Å². The molecule has 0 radical (unpaired) electrons. The summed E-state index contributed by atoms with van der Waals surface area (Å²) in [5.74, 6) is 0.101. The van der Waals surface area contributed by atoms with E-state index < -0.39 is 0 Å². The average Bonchev–Trinajstić information content (AvgIpc) is 3.23. The van der Waals surface area contributed by atoms with E-state index in [2.05, 4.69) is 25.7 Å². The van der Waals surface area contributed by atoms with Gasteiger partial charge in [0, 0.05) is 11.6 Å². The van der Waals surface area contributed by atoms with Gasteiger partial charge in [-0.2, -0.15) is 0 Å². The van der Waals surface area contributed by atoms with Crippen molar-refractivity contribution in [1.82, 2.24) is 25.0 Å². The third-order valence-electron chi connectivity index (χ3n) is 3.61. The molecule has 9 nitrogen and oxygen atoms in total. The van der Waals surface area contributed by atoms with Crippen molar-refractivity contribution in [3.63, 3.8) is 0 Å². The number of carbonyl (C=O) groups excluding carboxylic acids is 1. The number of nitrogens with one attached hydrogen (secondary N) is 2. The van der Waals surface area contributed by atoms with Gasteiger partial charge in [-0.3, -0.25) is 14.7 Å². The standard InChI is InChI=1S/C15H14N6O3S/c22-11(8-25-15-20-19-14(23)21(15)10-6-7-10)16-13-18-17-12(24-13)9-4-2-1-3-5-9/h1-5,10H,6-8H2,(H,19,23)(H,16,18,22). The van der Waals surface area contributed by atoms with Crippen LogP contribution in [0.1, 0.15) is 18.9 Å². The smallest absolute Gasteiger partial charge is 0.344 e. The van der Waals surface area contributed by atoms with Crippen LogP contribution in [0.5, 0.6) is 0 Å². The van der Waals surface area contributed by atoms with Crippen LogP contribution in [0.25, 0.3) is 11.5 Å². The van der Waals surface area contributed by atoms with E-state index in [0.717, 1.165) is 18.4 Å². The molecule has 2 aromatic heterocycles. The maximum Gasteiger partial charge on any atom is 0.344 e. The molecule has 0 unspecified atom stereocenters. The highest BCUT2D eigenvalue weighted by Crippen LogP contribution is 2.36. The summed E-state index contributed by atoms with van der Waals surface area (Å²) in [6.07, 6.45) is 1.92. The van der Waals surface area contributed by atoms with Crippen LogP contribution in [-0.2, 0) is 4.79 Å². The number of hydrogen-bond acceptors (Lipinski definition) is 7. The monoisotopic (exact) mass is 358 g/mol. The maximum atomic E-state index is 12.1. The number of hydrogen-bond donors (Lipinski definition) is 2. The van der Waals surface area contributed by atoms with Crippen molar-refractivity contribution < 1.29 is 9.21 Å².